The molecule has 0 atom stereocenters. The molecule has 0 aliphatic heterocycles. The largest absolute Gasteiger partial charge is 0.486 e. The second kappa shape index (κ2) is 6.87. The molecule has 0 saturated carbocycles. The summed E-state index contributed by atoms with van der Waals surface area (Å²) < 4.78 is 30.2. The molecule has 0 heterocycles. The molecule has 2 aromatic rings. The van der Waals surface area contributed by atoms with Gasteiger partial charge in [-0.15, -0.1) is 0 Å². The van der Waals surface area contributed by atoms with Crippen LogP contribution in [0.1, 0.15) is 5.56 Å². The normalized spacial score (nSPS) is 11.4. The molecule has 0 spiro atoms. The summed E-state index contributed by atoms with van der Waals surface area (Å²) >= 11 is 12.6. The van der Waals surface area contributed by atoms with Crippen LogP contribution < -0.4 is 4.74 Å². The van der Waals surface area contributed by atoms with Gasteiger partial charge in [0.2, 0.25) is 0 Å². The van der Waals surface area contributed by atoms with E-state index in [-0.39, 0.29) is 22.3 Å². The fraction of sp³-hybridized carbons (Fsp3) is 0.0769. The summed E-state index contributed by atoms with van der Waals surface area (Å²) in [6, 6.07) is 10.3. The molecule has 8 heteroatoms. The third kappa shape index (κ3) is 4.60. The molecule has 0 amide bonds. The maximum Gasteiger partial charge on any atom is 0.265 e. The zero-order valence-corrected chi connectivity index (χ0v) is 15.8. The molecule has 3 nitrogen and oxygen atoms in total. The highest BCUT2D eigenvalue weighted by molar-refractivity contribution is 9.10. The Morgan fingerprint density at radius 3 is 2.43 bits per heavy atom. The van der Waals surface area contributed by atoms with Gasteiger partial charge in [0.25, 0.3) is 9.05 Å². The smallest absolute Gasteiger partial charge is 0.265 e. The maximum absolute atomic E-state index is 11.6. The van der Waals surface area contributed by atoms with Crippen LogP contribution in [0.5, 0.6) is 5.75 Å². The predicted octanol–water partition coefficient (Wildman–Crippen LogP) is 5.37. The van der Waals surface area contributed by atoms with E-state index in [9.17, 15) is 8.42 Å². The molecule has 0 saturated heterocycles. The van der Waals surface area contributed by atoms with Gasteiger partial charge >= 0.3 is 0 Å². The topological polar surface area (TPSA) is 43.4 Å². The van der Waals surface area contributed by atoms with Gasteiger partial charge in [-0.2, -0.15) is 0 Å². The number of ether oxygens (including phenoxy) is 1. The van der Waals surface area contributed by atoms with Crippen LogP contribution in [0.3, 0.4) is 0 Å². The van der Waals surface area contributed by atoms with Crippen LogP contribution in [0.2, 0.25) is 5.02 Å². The molecule has 0 aromatic heterocycles. The van der Waals surface area contributed by atoms with Crippen molar-refractivity contribution in [2.45, 2.75) is 11.5 Å². The van der Waals surface area contributed by atoms with Crippen molar-refractivity contribution in [1.82, 2.24) is 0 Å². The van der Waals surface area contributed by atoms with Crippen molar-refractivity contribution in [2.24, 2.45) is 0 Å². The zero-order valence-electron chi connectivity index (χ0n) is 10.3. The van der Waals surface area contributed by atoms with Crippen LogP contribution in [-0.2, 0) is 15.7 Å². The lowest BCUT2D eigenvalue weighted by Gasteiger charge is -2.12. The van der Waals surface area contributed by atoms with Gasteiger partial charge < -0.3 is 4.74 Å². The van der Waals surface area contributed by atoms with Gasteiger partial charge in [-0.3, -0.25) is 0 Å². The summed E-state index contributed by atoms with van der Waals surface area (Å²) in [5.41, 5.74) is 0.862. The number of benzene rings is 2. The summed E-state index contributed by atoms with van der Waals surface area (Å²) in [5, 5.41) is 0.165. The molecule has 0 unspecified atom stereocenters. The lowest BCUT2D eigenvalue weighted by atomic mass is 10.2. The molecule has 0 radical (unpaired) electrons. The Morgan fingerprint density at radius 1 is 1.10 bits per heavy atom. The van der Waals surface area contributed by atoms with Crippen molar-refractivity contribution in [3.63, 3.8) is 0 Å². The second-order valence-corrected chi connectivity index (χ2v) is 8.84. The van der Waals surface area contributed by atoms with E-state index >= 15 is 0 Å². The van der Waals surface area contributed by atoms with Crippen LogP contribution >= 0.6 is 54.1 Å². The first-order valence-electron chi connectivity index (χ1n) is 5.58. The molecule has 0 aliphatic carbocycles. The fourth-order valence-corrected chi connectivity index (χ4v) is 4.16. The number of hydrogen-bond donors (Lipinski definition) is 0. The highest BCUT2D eigenvalue weighted by Gasteiger charge is 2.21. The Kier molecular flexibility index (Phi) is 5.59. The molecule has 0 bridgehead atoms. The quantitative estimate of drug-likeness (QED) is 0.559. The maximum atomic E-state index is 11.6. The van der Waals surface area contributed by atoms with Crippen molar-refractivity contribution in [1.29, 1.82) is 0 Å². The SMILES string of the molecule is O=S(=O)(Cl)c1cc(Br)cc(Cl)c1OCc1cccc(Br)c1. The Hall–Kier alpha value is -0.270. The van der Waals surface area contributed by atoms with Crippen molar-refractivity contribution < 1.29 is 13.2 Å². The van der Waals surface area contributed by atoms with Gasteiger partial charge in [0.1, 0.15) is 11.5 Å². The van der Waals surface area contributed by atoms with Crippen LogP contribution in [0.15, 0.2) is 50.2 Å². The fourth-order valence-electron chi connectivity index (χ4n) is 1.64. The first-order valence-corrected chi connectivity index (χ1v) is 9.85. The summed E-state index contributed by atoms with van der Waals surface area (Å²) in [4.78, 5) is -0.168. The summed E-state index contributed by atoms with van der Waals surface area (Å²) in [7, 11) is 1.45. The second-order valence-electron chi connectivity index (χ2n) is 4.07. The average molecular weight is 475 g/mol. The van der Waals surface area contributed by atoms with Gasteiger partial charge in [0.05, 0.1) is 5.02 Å². The van der Waals surface area contributed by atoms with E-state index in [1.807, 2.05) is 24.3 Å². The van der Waals surface area contributed by atoms with E-state index in [0.717, 1.165) is 10.0 Å². The molecule has 2 aromatic carbocycles. The van der Waals surface area contributed by atoms with E-state index < -0.39 is 9.05 Å². The molecule has 0 aliphatic rings. The van der Waals surface area contributed by atoms with Gasteiger partial charge in [-0.1, -0.05) is 55.6 Å². The van der Waals surface area contributed by atoms with Crippen LogP contribution in [0.25, 0.3) is 0 Å². The number of hydrogen-bond acceptors (Lipinski definition) is 3. The van der Waals surface area contributed by atoms with Gasteiger partial charge in [-0.05, 0) is 29.8 Å². The minimum absolute atomic E-state index is 0.0369. The summed E-state index contributed by atoms with van der Waals surface area (Å²) in [6.07, 6.45) is 0. The van der Waals surface area contributed by atoms with E-state index in [2.05, 4.69) is 31.9 Å². The van der Waals surface area contributed by atoms with Crippen molar-refractivity contribution >= 4 is 63.2 Å². The lowest BCUT2D eigenvalue weighted by Crippen LogP contribution is -2.02. The molecule has 0 N–H and O–H groups in total. The van der Waals surface area contributed by atoms with E-state index in [1.54, 1.807) is 6.07 Å². The first kappa shape index (κ1) is 17.1. The van der Waals surface area contributed by atoms with E-state index in [1.165, 1.54) is 6.07 Å². The van der Waals surface area contributed by atoms with Gasteiger partial charge in [0.15, 0.2) is 5.75 Å². The third-order valence-electron chi connectivity index (χ3n) is 2.51. The highest BCUT2D eigenvalue weighted by Crippen LogP contribution is 2.37. The van der Waals surface area contributed by atoms with Gasteiger partial charge in [-0.25, -0.2) is 8.42 Å². The van der Waals surface area contributed by atoms with Crippen LogP contribution in [0, 0.1) is 0 Å². The minimum Gasteiger partial charge on any atom is -0.486 e. The standard InChI is InChI=1S/C13H8Br2Cl2O3S/c14-9-3-1-2-8(4-9)7-20-13-11(16)5-10(15)6-12(13)21(17,18)19/h1-6H,7H2. The molecule has 112 valence electrons. The number of rotatable bonds is 4. The molecule has 2 rings (SSSR count). The summed E-state index contributed by atoms with van der Waals surface area (Å²) in [5.74, 6) is 0.0369. The van der Waals surface area contributed by atoms with Crippen LogP contribution in [-0.4, -0.2) is 8.42 Å². The minimum atomic E-state index is -3.97. The Labute approximate surface area is 148 Å². The first-order chi connectivity index (χ1) is 9.77. The molecular weight excluding hydrogens is 467 g/mol. The van der Waals surface area contributed by atoms with E-state index in [4.69, 9.17) is 27.0 Å². The molecule has 21 heavy (non-hydrogen) atoms. The van der Waals surface area contributed by atoms with Crippen LogP contribution in [0.4, 0.5) is 0 Å². The Morgan fingerprint density at radius 2 is 1.81 bits per heavy atom. The third-order valence-corrected chi connectivity index (χ3v) is 5.07. The average Bonchev–Trinajstić information content (AvgIpc) is 2.36. The summed E-state index contributed by atoms with van der Waals surface area (Å²) in [6.45, 7) is 0.167. The molecular formula is C13H8Br2Cl2O3S. The Balaban J connectivity index is 2.36. The predicted molar refractivity (Wildman–Crippen MR) is 90.7 cm³/mol. The van der Waals surface area contributed by atoms with Gasteiger partial charge in [0, 0.05) is 19.6 Å². The van der Waals surface area contributed by atoms with Crippen molar-refractivity contribution in [2.75, 3.05) is 0 Å². The number of halogens is 4. The monoisotopic (exact) mass is 472 g/mol. The molecule has 0 fully saturated rings. The Bertz CT molecular complexity index is 779. The highest BCUT2D eigenvalue weighted by atomic mass is 79.9. The van der Waals surface area contributed by atoms with Crippen molar-refractivity contribution in [3.8, 4) is 5.75 Å². The van der Waals surface area contributed by atoms with E-state index in [0.29, 0.717) is 4.47 Å². The van der Waals surface area contributed by atoms with Crippen molar-refractivity contribution in [3.05, 3.63) is 55.9 Å². The zero-order chi connectivity index (χ0) is 15.6. The lowest BCUT2D eigenvalue weighted by molar-refractivity contribution is 0.298.